The largest absolute Gasteiger partial charge is 0.309 e. The predicted octanol–water partition coefficient (Wildman–Crippen LogP) is 14.5. The number of benzene rings is 9. The van der Waals surface area contributed by atoms with E-state index in [2.05, 4.69) is 228 Å². The van der Waals surface area contributed by atoms with Crippen molar-refractivity contribution < 1.29 is 0 Å². The molecule has 0 unspecified atom stereocenters. The van der Waals surface area contributed by atoms with Gasteiger partial charge >= 0.3 is 0 Å². The maximum atomic E-state index is 2.44. The van der Waals surface area contributed by atoms with Crippen LogP contribution in [0, 0.1) is 0 Å². The van der Waals surface area contributed by atoms with Crippen LogP contribution in [0.3, 0.4) is 0 Å². The fourth-order valence-electron chi connectivity index (χ4n) is 8.65. The van der Waals surface area contributed by atoms with E-state index in [1.165, 1.54) is 88.1 Å². The lowest BCUT2D eigenvalue weighted by Crippen LogP contribution is -1.96. The summed E-state index contributed by atoms with van der Waals surface area (Å²) in [5.41, 5.74) is 16.7. The van der Waals surface area contributed by atoms with E-state index in [4.69, 9.17) is 0 Å². The third kappa shape index (κ3) is 5.34. The molecule has 2 aromatic heterocycles. The molecule has 0 spiro atoms. The Labute approximate surface area is 325 Å². The minimum Gasteiger partial charge on any atom is -0.309 e. The summed E-state index contributed by atoms with van der Waals surface area (Å²) in [4.78, 5) is 0. The van der Waals surface area contributed by atoms with Crippen molar-refractivity contribution in [2.45, 2.75) is 0 Å². The average molecular weight is 713 g/mol. The van der Waals surface area contributed by atoms with E-state index in [1.807, 2.05) is 0 Å². The molecule has 0 aliphatic heterocycles. The Kier molecular flexibility index (Phi) is 7.53. The van der Waals surface area contributed by atoms with Crippen molar-refractivity contribution in [1.82, 2.24) is 9.13 Å². The van der Waals surface area contributed by atoms with Gasteiger partial charge in [0.05, 0.1) is 22.1 Å². The molecule has 0 aliphatic rings. The summed E-state index contributed by atoms with van der Waals surface area (Å²) in [6.45, 7) is 0. The van der Waals surface area contributed by atoms with Gasteiger partial charge < -0.3 is 9.13 Å². The van der Waals surface area contributed by atoms with Gasteiger partial charge in [-0.05, 0) is 111 Å². The van der Waals surface area contributed by atoms with Crippen LogP contribution in [0.15, 0.2) is 218 Å². The van der Waals surface area contributed by atoms with E-state index >= 15 is 0 Å². The molecule has 9 aromatic carbocycles. The molecule has 0 saturated carbocycles. The second-order valence-electron chi connectivity index (χ2n) is 14.6. The van der Waals surface area contributed by atoms with Gasteiger partial charge in [-0.25, -0.2) is 0 Å². The smallest absolute Gasteiger partial charge is 0.0541 e. The van der Waals surface area contributed by atoms with Crippen molar-refractivity contribution in [3.05, 3.63) is 218 Å². The van der Waals surface area contributed by atoms with Gasteiger partial charge in [0.15, 0.2) is 0 Å². The lowest BCUT2D eigenvalue weighted by atomic mass is 9.98. The van der Waals surface area contributed by atoms with E-state index in [-0.39, 0.29) is 0 Å². The summed E-state index contributed by atoms with van der Waals surface area (Å²) in [6.07, 6.45) is 0. The molecule has 11 rings (SSSR count). The second-order valence-corrected chi connectivity index (χ2v) is 14.6. The van der Waals surface area contributed by atoms with E-state index in [0.29, 0.717) is 0 Å². The number of fused-ring (bicyclic) bond motifs is 6. The highest BCUT2D eigenvalue weighted by Gasteiger charge is 2.17. The van der Waals surface area contributed by atoms with Crippen LogP contribution in [-0.4, -0.2) is 9.13 Å². The molecule has 0 amide bonds. The van der Waals surface area contributed by atoms with Gasteiger partial charge in [-0.15, -0.1) is 0 Å². The summed E-state index contributed by atoms with van der Waals surface area (Å²) in [5.74, 6) is 0. The average Bonchev–Trinajstić information content (AvgIpc) is 3.79. The first kappa shape index (κ1) is 32.0. The highest BCUT2D eigenvalue weighted by Crippen LogP contribution is 2.40. The highest BCUT2D eigenvalue weighted by molar-refractivity contribution is 6.13. The van der Waals surface area contributed by atoms with Gasteiger partial charge in [0.25, 0.3) is 0 Å². The van der Waals surface area contributed by atoms with Crippen molar-refractivity contribution in [2.75, 3.05) is 0 Å². The Morgan fingerprint density at radius 1 is 0.196 bits per heavy atom. The maximum absolute atomic E-state index is 2.44. The van der Waals surface area contributed by atoms with Crippen LogP contribution in [0.1, 0.15) is 0 Å². The Morgan fingerprint density at radius 3 is 1.09 bits per heavy atom. The van der Waals surface area contributed by atoms with Gasteiger partial charge in [0.1, 0.15) is 0 Å². The molecular formula is C54H36N2. The topological polar surface area (TPSA) is 9.86 Å². The van der Waals surface area contributed by atoms with Crippen LogP contribution in [0.5, 0.6) is 0 Å². The Bertz CT molecular complexity index is 3170. The number of nitrogens with zero attached hydrogens (tertiary/aromatic N) is 2. The Hall–Kier alpha value is -7.42. The molecule has 0 aliphatic carbocycles. The molecule has 0 N–H and O–H groups in total. The normalized spacial score (nSPS) is 11.6. The van der Waals surface area contributed by atoms with Crippen molar-refractivity contribution in [3.63, 3.8) is 0 Å². The summed E-state index contributed by atoms with van der Waals surface area (Å²) < 4.78 is 4.85. The number of rotatable bonds is 6. The Morgan fingerprint density at radius 2 is 0.571 bits per heavy atom. The predicted molar refractivity (Wildman–Crippen MR) is 237 cm³/mol. The molecule has 2 heterocycles. The molecule has 0 radical (unpaired) electrons. The number of hydrogen-bond acceptors (Lipinski definition) is 0. The zero-order valence-electron chi connectivity index (χ0n) is 30.7. The first-order valence-corrected chi connectivity index (χ1v) is 19.3. The van der Waals surface area contributed by atoms with Crippen molar-refractivity contribution in [1.29, 1.82) is 0 Å². The standard InChI is InChI=1S/C54H36N2/c1-4-15-37(16-5-1)40-21-14-22-45(32-40)55-51-25-12-10-23-47(51)49-35-41(27-29-53(49)55)42-28-30-54-50(36-42)48-24-11-13-26-52(48)56(54)46-33-43(38-17-6-2-7-18-38)31-44(34-46)39-19-8-3-9-20-39/h1-36H. The number of hydrogen-bond donors (Lipinski definition) is 0. The van der Waals surface area contributed by atoms with Gasteiger partial charge in [-0.1, -0.05) is 152 Å². The molecule has 2 nitrogen and oxygen atoms in total. The molecule has 2 heteroatoms. The third-order valence-electron chi connectivity index (χ3n) is 11.3. The SMILES string of the molecule is c1ccc(-c2cccc(-n3c4ccccc4c4cc(-c5ccc6c(c5)c5ccccc5n6-c5cc(-c6ccccc6)cc(-c6ccccc6)c5)ccc43)c2)cc1. The fourth-order valence-corrected chi connectivity index (χ4v) is 8.65. The first-order chi connectivity index (χ1) is 27.8. The summed E-state index contributed by atoms with van der Waals surface area (Å²) in [7, 11) is 0. The van der Waals surface area contributed by atoms with Gasteiger partial charge in [0, 0.05) is 32.9 Å². The lowest BCUT2D eigenvalue weighted by molar-refractivity contribution is 1.18. The first-order valence-electron chi connectivity index (χ1n) is 19.3. The summed E-state index contributed by atoms with van der Waals surface area (Å²) in [6, 6.07) is 79.4. The van der Waals surface area contributed by atoms with Crippen LogP contribution in [0.2, 0.25) is 0 Å². The van der Waals surface area contributed by atoms with E-state index in [1.54, 1.807) is 0 Å². The van der Waals surface area contributed by atoms with Crippen molar-refractivity contribution >= 4 is 43.6 Å². The molecule has 0 atom stereocenters. The number of para-hydroxylation sites is 2. The molecular weight excluding hydrogens is 677 g/mol. The minimum atomic E-state index is 1.15. The maximum Gasteiger partial charge on any atom is 0.0541 e. The lowest BCUT2D eigenvalue weighted by Gasteiger charge is -2.14. The Balaban J connectivity index is 1.07. The quantitative estimate of drug-likeness (QED) is 0.162. The fraction of sp³-hybridized carbons (Fsp3) is 0. The molecule has 56 heavy (non-hydrogen) atoms. The van der Waals surface area contributed by atoms with Crippen LogP contribution >= 0.6 is 0 Å². The molecule has 262 valence electrons. The van der Waals surface area contributed by atoms with Gasteiger partial charge in [-0.3, -0.25) is 0 Å². The zero-order chi connectivity index (χ0) is 37.0. The van der Waals surface area contributed by atoms with Crippen LogP contribution in [0.25, 0.3) is 99.5 Å². The van der Waals surface area contributed by atoms with E-state index < -0.39 is 0 Å². The van der Waals surface area contributed by atoms with Gasteiger partial charge in [-0.2, -0.15) is 0 Å². The van der Waals surface area contributed by atoms with E-state index in [9.17, 15) is 0 Å². The molecule has 0 saturated heterocycles. The van der Waals surface area contributed by atoms with Gasteiger partial charge in [0.2, 0.25) is 0 Å². The summed E-state index contributed by atoms with van der Waals surface area (Å²) >= 11 is 0. The zero-order valence-corrected chi connectivity index (χ0v) is 30.7. The molecule has 0 bridgehead atoms. The van der Waals surface area contributed by atoms with E-state index in [0.717, 1.165) is 11.4 Å². The van der Waals surface area contributed by atoms with Crippen molar-refractivity contribution in [3.8, 4) is 55.9 Å². The monoisotopic (exact) mass is 712 g/mol. The van der Waals surface area contributed by atoms with Crippen molar-refractivity contribution in [2.24, 2.45) is 0 Å². The van der Waals surface area contributed by atoms with Crippen LogP contribution in [0.4, 0.5) is 0 Å². The third-order valence-corrected chi connectivity index (χ3v) is 11.3. The molecule has 0 fully saturated rings. The number of aromatic nitrogens is 2. The minimum absolute atomic E-state index is 1.15. The summed E-state index contributed by atoms with van der Waals surface area (Å²) in [5, 5.41) is 4.98. The van der Waals surface area contributed by atoms with Crippen LogP contribution in [-0.2, 0) is 0 Å². The highest BCUT2D eigenvalue weighted by atomic mass is 15.0. The molecule has 11 aromatic rings. The second kappa shape index (κ2) is 13.2. The van der Waals surface area contributed by atoms with Crippen LogP contribution < -0.4 is 0 Å².